The number of carbonyl (C=O) groups excluding carboxylic acids is 2. The van der Waals surface area contributed by atoms with Gasteiger partial charge in [-0.05, 0) is 38.7 Å². The second-order valence-electron chi connectivity index (χ2n) is 9.57. The molecule has 1 atom stereocenters. The quantitative estimate of drug-likeness (QED) is 0.684. The fourth-order valence-corrected chi connectivity index (χ4v) is 5.35. The first-order valence-corrected chi connectivity index (χ1v) is 11.8. The molecule has 3 aliphatic rings. The molecule has 2 aliphatic heterocycles. The Morgan fingerprint density at radius 1 is 1.26 bits per heavy atom. The zero-order chi connectivity index (χ0) is 24.4. The van der Waals surface area contributed by atoms with E-state index < -0.39 is 11.4 Å². The van der Waals surface area contributed by atoms with E-state index in [9.17, 15) is 14.4 Å². The number of anilines is 1. The van der Waals surface area contributed by atoms with Crippen molar-refractivity contribution in [3.05, 3.63) is 69.0 Å². The van der Waals surface area contributed by atoms with Crippen LogP contribution in [0.3, 0.4) is 0 Å². The van der Waals surface area contributed by atoms with Crippen molar-refractivity contribution in [2.45, 2.75) is 52.0 Å². The first-order valence-electron chi connectivity index (χ1n) is 11.8. The lowest BCUT2D eigenvalue weighted by Gasteiger charge is -2.36. The van der Waals surface area contributed by atoms with Gasteiger partial charge in [0.25, 0.3) is 5.56 Å². The standard InChI is InChI=1S/C26H29N3O5/c1-5-33-24(31)21-22(27)34-19-12-15(4)29(16-10-11-16)23(30)20(19)26(21)17-8-6-7-9-18(17)28(25(26)32)13-14(2)3/h6-9,12,14,16H,5,10-11,13,27H2,1-4H3. The maximum absolute atomic E-state index is 14.5. The van der Waals surface area contributed by atoms with Gasteiger partial charge in [-0.25, -0.2) is 4.79 Å². The Morgan fingerprint density at radius 2 is 1.97 bits per heavy atom. The summed E-state index contributed by atoms with van der Waals surface area (Å²) in [6.45, 7) is 8.05. The van der Waals surface area contributed by atoms with Crippen LogP contribution in [0.2, 0.25) is 0 Å². The number of pyridine rings is 1. The number of hydrogen-bond donors (Lipinski definition) is 1. The van der Waals surface area contributed by atoms with Gasteiger partial charge in [0, 0.05) is 35.6 Å². The summed E-state index contributed by atoms with van der Waals surface area (Å²) in [5.74, 6) is -1.01. The van der Waals surface area contributed by atoms with Gasteiger partial charge >= 0.3 is 5.97 Å². The molecule has 1 aromatic heterocycles. The first kappa shape index (κ1) is 22.3. The number of nitrogens with two attached hydrogens (primary N) is 1. The largest absolute Gasteiger partial charge is 0.462 e. The van der Waals surface area contributed by atoms with Crippen LogP contribution in [0.1, 0.15) is 56.5 Å². The lowest BCUT2D eigenvalue weighted by molar-refractivity contribution is -0.140. The summed E-state index contributed by atoms with van der Waals surface area (Å²) in [7, 11) is 0. The topological polar surface area (TPSA) is 104 Å². The molecule has 1 unspecified atom stereocenters. The summed E-state index contributed by atoms with van der Waals surface area (Å²) in [6.07, 6.45) is 1.78. The Hall–Kier alpha value is -3.55. The zero-order valence-corrected chi connectivity index (χ0v) is 19.9. The van der Waals surface area contributed by atoms with E-state index in [1.54, 1.807) is 34.6 Å². The number of benzene rings is 1. The molecule has 5 rings (SSSR count). The molecule has 1 aliphatic carbocycles. The average molecular weight is 464 g/mol. The molecule has 1 spiro atoms. The lowest BCUT2D eigenvalue weighted by atomic mass is 9.68. The summed E-state index contributed by atoms with van der Waals surface area (Å²) in [4.78, 5) is 43.6. The van der Waals surface area contributed by atoms with Crippen LogP contribution in [0, 0.1) is 12.8 Å². The third-order valence-corrected chi connectivity index (χ3v) is 6.72. The van der Waals surface area contributed by atoms with Crippen molar-refractivity contribution in [2.75, 3.05) is 18.1 Å². The molecular formula is C26H29N3O5. The summed E-state index contributed by atoms with van der Waals surface area (Å²) in [5.41, 5.74) is 6.19. The number of fused-ring (bicyclic) bond motifs is 4. The van der Waals surface area contributed by atoms with Gasteiger partial charge in [-0.15, -0.1) is 0 Å². The minimum Gasteiger partial charge on any atom is -0.462 e. The molecule has 1 aromatic carbocycles. The van der Waals surface area contributed by atoms with Crippen molar-refractivity contribution in [1.29, 1.82) is 0 Å². The highest BCUT2D eigenvalue weighted by atomic mass is 16.5. The van der Waals surface area contributed by atoms with Crippen LogP contribution in [0.15, 0.2) is 46.6 Å². The highest BCUT2D eigenvalue weighted by molar-refractivity contribution is 6.18. The number of carbonyl (C=O) groups is 2. The van der Waals surface area contributed by atoms with Crippen LogP contribution in [0.25, 0.3) is 0 Å². The summed E-state index contributed by atoms with van der Waals surface area (Å²) in [6, 6.07) is 9.08. The van der Waals surface area contributed by atoms with E-state index >= 15 is 0 Å². The zero-order valence-electron chi connectivity index (χ0n) is 19.9. The molecular weight excluding hydrogens is 434 g/mol. The van der Waals surface area contributed by atoms with Crippen LogP contribution in [0.4, 0.5) is 5.69 Å². The second-order valence-corrected chi connectivity index (χ2v) is 9.57. The average Bonchev–Trinajstić information content (AvgIpc) is 3.57. The number of aromatic nitrogens is 1. The molecule has 3 heterocycles. The van der Waals surface area contributed by atoms with Crippen LogP contribution in [0.5, 0.6) is 5.75 Å². The van der Waals surface area contributed by atoms with E-state index in [-0.39, 0.29) is 52.8 Å². The van der Waals surface area contributed by atoms with Crippen molar-refractivity contribution in [2.24, 2.45) is 11.7 Å². The summed E-state index contributed by atoms with van der Waals surface area (Å²) in [5, 5.41) is 0. The number of para-hydroxylation sites is 1. The minimum absolute atomic E-state index is 0.0719. The number of esters is 1. The molecule has 2 aromatic rings. The van der Waals surface area contributed by atoms with Gasteiger partial charge in [0.1, 0.15) is 16.7 Å². The Morgan fingerprint density at radius 3 is 2.62 bits per heavy atom. The third kappa shape index (κ3) is 2.94. The molecule has 0 bridgehead atoms. The highest BCUT2D eigenvalue weighted by Gasteiger charge is 2.62. The normalized spacial score (nSPS) is 21.1. The highest BCUT2D eigenvalue weighted by Crippen LogP contribution is 2.55. The minimum atomic E-state index is -1.74. The molecule has 1 amide bonds. The number of rotatable bonds is 5. The van der Waals surface area contributed by atoms with Gasteiger partial charge in [0.05, 0.1) is 12.2 Å². The molecule has 2 N–H and O–H groups in total. The van der Waals surface area contributed by atoms with Crippen molar-refractivity contribution in [3.8, 4) is 5.75 Å². The number of amides is 1. The maximum atomic E-state index is 14.5. The molecule has 8 nitrogen and oxygen atoms in total. The van der Waals surface area contributed by atoms with Gasteiger partial charge in [-0.1, -0.05) is 32.0 Å². The van der Waals surface area contributed by atoms with Crippen molar-refractivity contribution in [3.63, 3.8) is 0 Å². The first-order chi connectivity index (χ1) is 16.2. The van der Waals surface area contributed by atoms with E-state index in [4.69, 9.17) is 15.2 Å². The van der Waals surface area contributed by atoms with Gasteiger partial charge in [-0.2, -0.15) is 0 Å². The Kier molecular flexibility index (Phi) is 5.07. The summed E-state index contributed by atoms with van der Waals surface area (Å²) >= 11 is 0. The summed E-state index contributed by atoms with van der Waals surface area (Å²) < 4.78 is 12.9. The molecule has 0 radical (unpaired) electrons. The second kappa shape index (κ2) is 7.75. The predicted octanol–water partition coefficient (Wildman–Crippen LogP) is 2.91. The molecule has 178 valence electrons. The SMILES string of the molecule is CCOC(=O)C1=C(N)Oc2cc(C)n(C3CC3)c(=O)c2C12C(=O)N(CC(C)C)c1ccccc12. The molecule has 0 saturated heterocycles. The fraction of sp³-hybridized carbons (Fsp3) is 0.423. The van der Waals surface area contributed by atoms with Crippen LogP contribution >= 0.6 is 0 Å². The van der Waals surface area contributed by atoms with Gasteiger partial charge < -0.3 is 24.7 Å². The number of hydrogen-bond acceptors (Lipinski definition) is 6. The number of ether oxygens (including phenoxy) is 2. The van der Waals surface area contributed by atoms with E-state index in [1.807, 2.05) is 32.9 Å². The van der Waals surface area contributed by atoms with Crippen molar-refractivity contribution in [1.82, 2.24) is 4.57 Å². The van der Waals surface area contributed by atoms with Gasteiger partial charge in [-0.3, -0.25) is 9.59 Å². The Labute approximate surface area is 197 Å². The van der Waals surface area contributed by atoms with Crippen LogP contribution < -0.4 is 20.9 Å². The van der Waals surface area contributed by atoms with E-state index in [0.717, 1.165) is 18.5 Å². The molecule has 34 heavy (non-hydrogen) atoms. The van der Waals surface area contributed by atoms with Crippen molar-refractivity contribution < 1.29 is 19.1 Å². The van der Waals surface area contributed by atoms with E-state index in [0.29, 0.717) is 17.8 Å². The maximum Gasteiger partial charge on any atom is 0.341 e. The van der Waals surface area contributed by atoms with Gasteiger partial charge in [0.2, 0.25) is 11.8 Å². The number of aryl methyl sites for hydroxylation is 1. The fourth-order valence-electron chi connectivity index (χ4n) is 5.35. The van der Waals surface area contributed by atoms with E-state index in [2.05, 4.69) is 0 Å². The van der Waals surface area contributed by atoms with Gasteiger partial charge in [0.15, 0.2) is 0 Å². The molecule has 1 saturated carbocycles. The third-order valence-electron chi connectivity index (χ3n) is 6.72. The van der Waals surface area contributed by atoms with E-state index in [1.165, 1.54) is 0 Å². The lowest BCUT2D eigenvalue weighted by Crippen LogP contribution is -2.52. The van der Waals surface area contributed by atoms with Crippen LogP contribution in [-0.4, -0.2) is 29.6 Å². The molecule has 8 heteroatoms. The van der Waals surface area contributed by atoms with Crippen LogP contribution in [-0.2, 0) is 19.7 Å². The monoisotopic (exact) mass is 463 g/mol. The Balaban J connectivity index is 1.91. The van der Waals surface area contributed by atoms with Crippen molar-refractivity contribution >= 4 is 17.6 Å². The molecule has 1 fully saturated rings. The number of nitrogens with zero attached hydrogens (tertiary/aromatic N) is 2. The predicted molar refractivity (Wildman–Crippen MR) is 127 cm³/mol. The Bertz CT molecular complexity index is 1300. The smallest absolute Gasteiger partial charge is 0.341 e.